The van der Waals surface area contributed by atoms with E-state index in [1.54, 1.807) is 11.2 Å². The Bertz CT molecular complexity index is 1100. The van der Waals surface area contributed by atoms with Crippen molar-refractivity contribution in [1.29, 1.82) is 0 Å². The smallest absolute Gasteiger partial charge is 0.230 e. The number of carbonyl (C=O) groups excluding carboxylic acids is 1. The number of benzene rings is 1. The lowest BCUT2D eigenvalue weighted by atomic mass is 10.2. The number of ketones is 1. The molecular formula is C21H27ClN6O3S. The molecule has 2 aliphatic rings. The lowest BCUT2D eigenvalue weighted by molar-refractivity contribution is 0.101. The van der Waals surface area contributed by atoms with E-state index in [0.717, 1.165) is 24.2 Å². The third-order valence-electron chi connectivity index (χ3n) is 5.62. The number of Topliss-reactive ketones (excluding diaryl/α,β-unsaturated/α-hetero) is 1. The van der Waals surface area contributed by atoms with Gasteiger partial charge in [0.2, 0.25) is 16.0 Å². The monoisotopic (exact) mass is 478 g/mol. The minimum Gasteiger partial charge on any atom is -0.369 e. The number of halogens is 1. The first-order valence-corrected chi connectivity index (χ1v) is 12.7. The van der Waals surface area contributed by atoms with Crippen LogP contribution in [0, 0.1) is 0 Å². The topological polar surface area (TPSA) is 108 Å². The van der Waals surface area contributed by atoms with Gasteiger partial charge in [0.15, 0.2) is 5.78 Å². The molecule has 11 heteroatoms. The molecule has 0 atom stereocenters. The van der Waals surface area contributed by atoms with E-state index in [9.17, 15) is 13.2 Å². The third-order valence-corrected chi connectivity index (χ3v) is 7.78. The summed E-state index contributed by atoms with van der Waals surface area (Å²) in [6.45, 7) is 5.39. The van der Waals surface area contributed by atoms with Gasteiger partial charge in [0, 0.05) is 43.6 Å². The third kappa shape index (κ3) is 5.13. The second kappa shape index (κ2) is 9.21. The summed E-state index contributed by atoms with van der Waals surface area (Å²) in [6, 6.07) is 8.09. The Hall–Kier alpha value is -2.43. The van der Waals surface area contributed by atoms with Gasteiger partial charge < -0.3 is 15.5 Å². The maximum atomic E-state index is 12.0. The van der Waals surface area contributed by atoms with Crippen molar-refractivity contribution in [3.05, 3.63) is 35.0 Å². The van der Waals surface area contributed by atoms with Gasteiger partial charge in [-0.2, -0.15) is 14.3 Å². The minimum absolute atomic E-state index is 0.120. The van der Waals surface area contributed by atoms with E-state index in [4.69, 9.17) is 11.6 Å². The summed E-state index contributed by atoms with van der Waals surface area (Å²) >= 11 is 6.28. The number of sulfonamides is 1. The molecule has 4 rings (SSSR count). The Morgan fingerprint density at radius 2 is 1.78 bits per heavy atom. The van der Waals surface area contributed by atoms with Gasteiger partial charge >= 0.3 is 0 Å². The van der Waals surface area contributed by atoms with Crippen LogP contribution in [-0.2, 0) is 10.0 Å². The molecule has 1 aromatic carbocycles. The fourth-order valence-corrected chi connectivity index (χ4v) is 5.01. The molecule has 1 saturated heterocycles. The van der Waals surface area contributed by atoms with Gasteiger partial charge in [-0.1, -0.05) is 11.6 Å². The molecule has 9 nitrogen and oxygen atoms in total. The summed E-state index contributed by atoms with van der Waals surface area (Å²) in [5.74, 6) is 0.722. The van der Waals surface area contributed by atoms with Gasteiger partial charge in [-0.15, -0.1) is 0 Å². The molecule has 1 saturated carbocycles. The second-order valence-corrected chi connectivity index (χ2v) is 10.6. The van der Waals surface area contributed by atoms with E-state index in [1.807, 2.05) is 24.3 Å². The number of nitrogens with zero attached hydrogens (tertiary/aromatic N) is 4. The van der Waals surface area contributed by atoms with Gasteiger partial charge in [0.25, 0.3) is 0 Å². The van der Waals surface area contributed by atoms with Crippen LogP contribution in [0.1, 0.15) is 37.0 Å². The molecule has 0 radical (unpaired) electrons. The lowest BCUT2D eigenvalue weighted by Crippen LogP contribution is -2.49. The van der Waals surface area contributed by atoms with Gasteiger partial charge in [-0.25, -0.2) is 8.42 Å². The molecule has 32 heavy (non-hydrogen) atoms. The number of rotatable bonds is 8. The normalized spacial score (nSPS) is 17.3. The maximum absolute atomic E-state index is 12.0. The molecule has 2 fully saturated rings. The molecule has 1 aliphatic heterocycles. The van der Waals surface area contributed by atoms with E-state index < -0.39 is 10.0 Å². The van der Waals surface area contributed by atoms with Crippen molar-refractivity contribution in [3.63, 3.8) is 0 Å². The molecule has 0 spiro atoms. The van der Waals surface area contributed by atoms with Crippen LogP contribution in [0.3, 0.4) is 0 Å². The van der Waals surface area contributed by atoms with Crippen LogP contribution in [0.5, 0.6) is 0 Å². The predicted molar refractivity (Wildman–Crippen MR) is 127 cm³/mol. The van der Waals surface area contributed by atoms with Crippen LogP contribution in [-0.4, -0.2) is 66.4 Å². The fraction of sp³-hybridized carbons (Fsp3) is 0.476. The van der Waals surface area contributed by atoms with E-state index in [0.29, 0.717) is 49.6 Å². The van der Waals surface area contributed by atoms with Crippen molar-refractivity contribution in [1.82, 2.24) is 14.3 Å². The van der Waals surface area contributed by atoms with Crippen LogP contribution in [0.2, 0.25) is 5.15 Å². The molecule has 172 valence electrons. The number of hydrogen-bond donors (Lipinski definition) is 2. The van der Waals surface area contributed by atoms with Gasteiger partial charge in [0.05, 0.1) is 11.3 Å². The average Bonchev–Trinajstić information content (AvgIpc) is 3.58. The summed E-state index contributed by atoms with van der Waals surface area (Å²) in [6.07, 6.45) is 2.09. The van der Waals surface area contributed by atoms with E-state index in [2.05, 4.69) is 25.5 Å². The minimum atomic E-state index is -3.14. The van der Waals surface area contributed by atoms with Gasteiger partial charge in [-0.05, 0) is 51.0 Å². The molecule has 2 aromatic rings. The zero-order chi connectivity index (χ0) is 22.9. The number of anilines is 4. The predicted octanol–water partition coefficient (Wildman–Crippen LogP) is 3.12. The standard InChI is InChI=1S/C21H27ClN6O3S/c1-3-32(30,31)28-12-10-27(11-13-28)17-8-6-16(7-9-17)24-21-25-19(22)18(14(2)29)20(26-21)23-15-4-5-15/h6-9,15H,3-5,10-13H2,1-2H3,(H2,23,24,25,26). The Balaban J connectivity index is 1.44. The Labute approximate surface area is 193 Å². The Morgan fingerprint density at radius 1 is 1.12 bits per heavy atom. The first-order valence-electron chi connectivity index (χ1n) is 10.7. The Morgan fingerprint density at radius 3 is 2.34 bits per heavy atom. The largest absolute Gasteiger partial charge is 0.369 e. The number of piperazine rings is 1. The van der Waals surface area contributed by atoms with Crippen molar-refractivity contribution in [2.75, 3.05) is 47.5 Å². The lowest BCUT2D eigenvalue weighted by Gasteiger charge is -2.35. The summed E-state index contributed by atoms with van der Waals surface area (Å²) in [5, 5.41) is 6.52. The first-order chi connectivity index (χ1) is 15.3. The zero-order valence-corrected chi connectivity index (χ0v) is 19.7. The fourth-order valence-electron chi connectivity index (χ4n) is 3.62. The molecule has 2 heterocycles. The van der Waals surface area contributed by atoms with Crippen molar-refractivity contribution in [3.8, 4) is 0 Å². The highest BCUT2D eigenvalue weighted by atomic mass is 35.5. The Kier molecular flexibility index (Phi) is 6.55. The molecule has 0 amide bonds. The number of aromatic nitrogens is 2. The molecule has 0 bridgehead atoms. The zero-order valence-electron chi connectivity index (χ0n) is 18.1. The van der Waals surface area contributed by atoms with Crippen LogP contribution in [0.15, 0.2) is 24.3 Å². The molecule has 0 unspecified atom stereocenters. The molecule has 1 aliphatic carbocycles. The van der Waals surface area contributed by atoms with Crippen LogP contribution >= 0.6 is 11.6 Å². The van der Waals surface area contributed by atoms with E-state index in [1.165, 1.54) is 6.92 Å². The summed E-state index contributed by atoms with van der Waals surface area (Å²) in [4.78, 5) is 22.8. The van der Waals surface area contributed by atoms with E-state index >= 15 is 0 Å². The van der Waals surface area contributed by atoms with Crippen molar-refractivity contribution in [2.45, 2.75) is 32.7 Å². The highest BCUT2D eigenvalue weighted by molar-refractivity contribution is 7.89. The molecular weight excluding hydrogens is 452 g/mol. The van der Waals surface area contributed by atoms with Crippen LogP contribution in [0.25, 0.3) is 0 Å². The first kappa shape index (κ1) is 22.8. The maximum Gasteiger partial charge on any atom is 0.230 e. The molecule has 2 N–H and O–H groups in total. The van der Waals surface area contributed by atoms with Crippen molar-refractivity contribution < 1.29 is 13.2 Å². The van der Waals surface area contributed by atoms with Crippen LogP contribution in [0.4, 0.5) is 23.1 Å². The van der Waals surface area contributed by atoms with E-state index in [-0.39, 0.29) is 16.7 Å². The summed E-state index contributed by atoms with van der Waals surface area (Å²) < 4.78 is 25.6. The second-order valence-electron chi connectivity index (χ2n) is 7.99. The number of nitrogens with one attached hydrogen (secondary N) is 2. The van der Waals surface area contributed by atoms with Crippen molar-refractivity contribution >= 4 is 50.5 Å². The summed E-state index contributed by atoms with van der Waals surface area (Å²) in [7, 11) is -3.14. The van der Waals surface area contributed by atoms with Crippen molar-refractivity contribution in [2.24, 2.45) is 0 Å². The highest BCUT2D eigenvalue weighted by Crippen LogP contribution is 2.30. The summed E-state index contributed by atoms with van der Waals surface area (Å²) in [5.41, 5.74) is 2.11. The van der Waals surface area contributed by atoms with Crippen LogP contribution < -0.4 is 15.5 Å². The van der Waals surface area contributed by atoms with Gasteiger partial charge in [-0.3, -0.25) is 4.79 Å². The average molecular weight is 479 g/mol. The number of hydrogen-bond acceptors (Lipinski definition) is 8. The van der Waals surface area contributed by atoms with Gasteiger partial charge in [0.1, 0.15) is 11.0 Å². The quantitative estimate of drug-likeness (QED) is 0.440. The molecule has 1 aromatic heterocycles. The number of carbonyl (C=O) groups is 1. The highest BCUT2D eigenvalue weighted by Gasteiger charge is 2.27. The SMILES string of the molecule is CCS(=O)(=O)N1CCN(c2ccc(Nc3nc(Cl)c(C(C)=O)c(NC4CC4)n3)cc2)CC1.